The van der Waals surface area contributed by atoms with Gasteiger partial charge in [-0.1, -0.05) is 46.3 Å². The van der Waals surface area contributed by atoms with Gasteiger partial charge in [0.1, 0.15) is 11.5 Å². The highest BCUT2D eigenvalue weighted by Gasteiger charge is 2.35. The first kappa shape index (κ1) is 30.2. The van der Waals surface area contributed by atoms with Crippen LogP contribution in [0.5, 0.6) is 11.5 Å². The average Bonchev–Trinajstić information content (AvgIpc) is 3.32. The van der Waals surface area contributed by atoms with Crippen LogP contribution in [0.1, 0.15) is 35.6 Å². The zero-order valence-corrected chi connectivity index (χ0v) is 26.2. The molecule has 0 bridgehead atoms. The monoisotopic (exact) mass is 665 g/mol. The van der Waals surface area contributed by atoms with Gasteiger partial charge in [0.2, 0.25) is 11.8 Å². The Morgan fingerprint density at radius 1 is 1.02 bits per heavy atom. The van der Waals surface area contributed by atoms with Gasteiger partial charge in [-0.2, -0.15) is 5.10 Å². The molecule has 3 aromatic carbocycles. The van der Waals surface area contributed by atoms with E-state index >= 15 is 8.78 Å². The van der Waals surface area contributed by atoms with Crippen molar-refractivity contribution in [1.29, 1.82) is 0 Å². The van der Waals surface area contributed by atoms with Crippen molar-refractivity contribution in [2.75, 3.05) is 37.6 Å². The van der Waals surface area contributed by atoms with Gasteiger partial charge in [0.25, 0.3) is 5.92 Å². The molecule has 4 aromatic rings. The normalized spacial score (nSPS) is 18.1. The number of para-hydroxylation sites is 1. The highest BCUT2D eigenvalue weighted by Crippen LogP contribution is 2.35. The summed E-state index contributed by atoms with van der Waals surface area (Å²) in [6.07, 6.45) is 0.366. The maximum atomic E-state index is 15.2. The van der Waals surface area contributed by atoms with Gasteiger partial charge < -0.3 is 9.64 Å². The summed E-state index contributed by atoms with van der Waals surface area (Å²) in [6.45, 7) is 3.83. The Kier molecular flexibility index (Phi) is 8.43. The van der Waals surface area contributed by atoms with Crippen molar-refractivity contribution in [3.05, 3.63) is 82.0 Å². The van der Waals surface area contributed by atoms with Crippen molar-refractivity contribution in [3.63, 3.8) is 0 Å². The molecule has 1 N–H and O–H groups in total. The first-order valence-electron chi connectivity index (χ1n) is 14.7. The number of carbonyl (C=O) groups is 2. The molecular weight excluding hydrogens is 632 g/mol. The van der Waals surface area contributed by atoms with Crippen LogP contribution >= 0.6 is 15.9 Å². The largest absolute Gasteiger partial charge is 0.457 e. The van der Waals surface area contributed by atoms with Gasteiger partial charge >= 0.3 is 0 Å². The number of amides is 2. The van der Waals surface area contributed by atoms with E-state index < -0.39 is 11.8 Å². The third-order valence-electron chi connectivity index (χ3n) is 8.44. The Bertz CT molecular complexity index is 1700. The lowest BCUT2D eigenvalue weighted by Gasteiger charge is -2.37. The minimum absolute atomic E-state index is 0.259. The number of piperidine rings is 1. The lowest BCUT2D eigenvalue weighted by Crippen LogP contribution is -2.50. The molecule has 44 heavy (non-hydrogen) atoms. The smallest absolute Gasteiger partial charge is 0.264 e. The third kappa shape index (κ3) is 6.34. The van der Waals surface area contributed by atoms with Crippen molar-refractivity contribution in [2.24, 2.45) is 7.05 Å². The first-order chi connectivity index (χ1) is 21.1. The van der Waals surface area contributed by atoms with Crippen LogP contribution in [0.3, 0.4) is 0 Å². The minimum Gasteiger partial charge on any atom is -0.457 e. The summed E-state index contributed by atoms with van der Waals surface area (Å²) < 4.78 is 39.1. The van der Waals surface area contributed by atoms with Crippen molar-refractivity contribution in [3.8, 4) is 11.5 Å². The fourth-order valence-corrected chi connectivity index (χ4v) is 6.49. The van der Waals surface area contributed by atoms with Crippen molar-refractivity contribution < 1.29 is 23.1 Å². The van der Waals surface area contributed by atoms with E-state index in [4.69, 9.17) is 4.74 Å². The van der Waals surface area contributed by atoms with E-state index in [1.54, 1.807) is 28.9 Å². The standard InChI is InChI=1S/C33H34BrF2N5O3/c1-21-26(34)6-4-8-28(21)44-23-11-9-22(10-12-23)19-33(35,36)20-40-15-17-41(18-16-40)27-7-3-5-24-30(38-39(2)31(24)27)25-13-14-29(42)37-32(25)43/h3-12,25H,13-20H2,1-2H3,(H,37,42,43). The molecule has 8 nitrogen and oxygen atoms in total. The number of anilines is 1. The Hall–Kier alpha value is -3.83. The Morgan fingerprint density at radius 3 is 2.48 bits per heavy atom. The van der Waals surface area contributed by atoms with Crippen LogP contribution in [0.2, 0.25) is 0 Å². The molecule has 2 amide bonds. The highest BCUT2D eigenvalue weighted by molar-refractivity contribution is 9.10. The molecule has 1 unspecified atom stereocenters. The number of carbonyl (C=O) groups excluding carboxylic acids is 2. The SMILES string of the molecule is Cc1c(Br)cccc1Oc1ccc(CC(F)(F)CN2CCN(c3cccc4c(C5CCC(=O)NC5=O)nn(C)c34)CC2)cc1. The molecule has 11 heteroatoms. The molecule has 2 aliphatic heterocycles. The van der Waals surface area contributed by atoms with Crippen LogP contribution in [-0.2, 0) is 23.1 Å². The summed E-state index contributed by atoms with van der Waals surface area (Å²) in [5.74, 6) is -2.63. The van der Waals surface area contributed by atoms with Crippen LogP contribution in [-0.4, -0.2) is 65.1 Å². The van der Waals surface area contributed by atoms with Gasteiger partial charge in [0, 0.05) is 61.5 Å². The second kappa shape index (κ2) is 12.3. The van der Waals surface area contributed by atoms with Crippen LogP contribution in [0, 0.1) is 6.92 Å². The number of hydrogen-bond acceptors (Lipinski definition) is 6. The van der Waals surface area contributed by atoms with Crippen molar-refractivity contribution in [2.45, 2.75) is 38.0 Å². The van der Waals surface area contributed by atoms with Gasteiger partial charge in [-0.05, 0) is 49.2 Å². The molecule has 0 aliphatic carbocycles. The average molecular weight is 667 g/mol. The summed E-state index contributed by atoms with van der Waals surface area (Å²) in [5.41, 5.74) is 4.05. The lowest BCUT2D eigenvalue weighted by molar-refractivity contribution is -0.134. The zero-order chi connectivity index (χ0) is 31.0. The van der Waals surface area contributed by atoms with E-state index in [1.165, 1.54) is 0 Å². The molecule has 0 saturated carbocycles. The second-order valence-corrected chi connectivity index (χ2v) is 12.4. The van der Waals surface area contributed by atoms with Crippen molar-refractivity contribution in [1.82, 2.24) is 20.0 Å². The quantitative estimate of drug-likeness (QED) is 0.234. The fourth-order valence-electron chi connectivity index (χ4n) is 6.14. The molecule has 230 valence electrons. The summed E-state index contributed by atoms with van der Waals surface area (Å²) >= 11 is 3.50. The highest BCUT2D eigenvalue weighted by atomic mass is 79.9. The molecule has 0 spiro atoms. The van der Waals surface area contributed by atoms with E-state index in [1.807, 2.05) is 55.3 Å². The molecule has 2 aliphatic rings. The fraction of sp³-hybridized carbons (Fsp3) is 0.364. The zero-order valence-electron chi connectivity index (χ0n) is 24.7. The van der Waals surface area contributed by atoms with Crippen LogP contribution in [0.4, 0.5) is 14.5 Å². The van der Waals surface area contributed by atoms with E-state index in [-0.39, 0.29) is 31.2 Å². The predicted molar refractivity (Wildman–Crippen MR) is 169 cm³/mol. The third-order valence-corrected chi connectivity index (χ3v) is 9.30. The number of halogens is 3. The van der Waals surface area contributed by atoms with Crippen LogP contribution in [0.15, 0.2) is 65.1 Å². The number of aryl methyl sites for hydroxylation is 1. The second-order valence-electron chi connectivity index (χ2n) is 11.6. The Labute approximate surface area is 263 Å². The van der Waals surface area contributed by atoms with Gasteiger partial charge in [0.05, 0.1) is 29.4 Å². The molecule has 3 heterocycles. The topological polar surface area (TPSA) is 79.7 Å². The predicted octanol–water partition coefficient (Wildman–Crippen LogP) is 5.96. The van der Waals surface area contributed by atoms with Gasteiger partial charge in [-0.15, -0.1) is 0 Å². The molecule has 2 fully saturated rings. The molecule has 1 atom stereocenters. The number of nitrogens with zero attached hydrogens (tertiary/aromatic N) is 4. The molecule has 6 rings (SSSR count). The van der Waals surface area contributed by atoms with Crippen molar-refractivity contribution >= 4 is 44.3 Å². The Balaban J connectivity index is 1.07. The summed E-state index contributed by atoms with van der Waals surface area (Å²) in [6, 6.07) is 18.5. The molecule has 2 saturated heterocycles. The van der Waals surface area contributed by atoms with Crippen LogP contribution < -0.4 is 15.0 Å². The number of aromatic nitrogens is 2. The van der Waals surface area contributed by atoms with Crippen LogP contribution in [0.25, 0.3) is 10.9 Å². The van der Waals surface area contributed by atoms with Gasteiger partial charge in [0.15, 0.2) is 0 Å². The molecule has 1 aromatic heterocycles. The van der Waals surface area contributed by atoms with E-state index in [0.717, 1.165) is 26.6 Å². The van der Waals surface area contributed by atoms with Gasteiger partial charge in [-0.25, -0.2) is 8.78 Å². The molecule has 0 radical (unpaired) electrons. The summed E-state index contributed by atoms with van der Waals surface area (Å²) in [7, 11) is 1.85. The number of imide groups is 1. The lowest BCUT2D eigenvalue weighted by atomic mass is 9.92. The first-order valence-corrected chi connectivity index (χ1v) is 15.5. The van der Waals surface area contributed by atoms with E-state index in [9.17, 15) is 9.59 Å². The van der Waals surface area contributed by atoms with Gasteiger partial charge in [-0.3, -0.25) is 24.5 Å². The number of benzene rings is 3. The summed E-state index contributed by atoms with van der Waals surface area (Å²) in [4.78, 5) is 28.2. The van der Waals surface area contributed by atoms with E-state index in [2.05, 4.69) is 31.2 Å². The number of piperazine rings is 1. The minimum atomic E-state index is -2.88. The maximum Gasteiger partial charge on any atom is 0.264 e. The number of alkyl halides is 2. The number of rotatable bonds is 8. The molecular formula is C33H34BrF2N5O3. The maximum absolute atomic E-state index is 15.2. The summed E-state index contributed by atoms with van der Waals surface area (Å²) in [5, 5.41) is 7.97. The van der Waals surface area contributed by atoms with E-state index in [0.29, 0.717) is 55.4 Å². The number of nitrogens with one attached hydrogen (secondary N) is 1. The number of ether oxygens (including phenoxy) is 1. The number of fused-ring (bicyclic) bond motifs is 1. The Morgan fingerprint density at radius 2 is 1.75 bits per heavy atom. The number of hydrogen-bond donors (Lipinski definition) is 1.